The van der Waals surface area contributed by atoms with Gasteiger partial charge in [0.25, 0.3) is 11.7 Å². The number of piperidine rings is 1. The van der Waals surface area contributed by atoms with Crippen molar-refractivity contribution in [3.8, 4) is 0 Å². The van der Waals surface area contributed by atoms with Crippen molar-refractivity contribution in [3.63, 3.8) is 0 Å². The van der Waals surface area contributed by atoms with E-state index in [0.717, 1.165) is 0 Å². The maximum Gasteiger partial charge on any atom is 0.456 e. The minimum atomic E-state index is -4.96. The number of nitrogens with one attached hydrogen (secondary N) is 1. The lowest BCUT2D eigenvalue weighted by Gasteiger charge is -2.51. The summed E-state index contributed by atoms with van der Waals surface area (Å²) < 4.78 is 65.5. The Balaban J connectivity index is 0.00000400. The topological polar surface area (TPSA) is 88.5 Å². The average molecular weight is 542 g/mol. The first-order valence-electron chi connectivity index (χ1n) is 12.1. The Labute approximate surface area is 216 Å². The molecule has 11 heteroatoms. The number of hydrogen-bond acceptors (Lipinski definition) is 5. The largest absolute Gasteiger partial charge is 0.456 e. The molecule has 1 amide bonds. The predicted octanol–water partition coefficient (Wildman–Crippen LogP) is 4.56. The number of likely N-dealkylation sites (tertiary alicyclic amines) is 1. The van der Waals surface area contributed by atoms with Gasteiger partial charge >= 0.3 is 6.18 Å². The molecule has 37 heavy (non-hydrogen) atoms. The summed E-state index contributed by atoms with van der Waals surface area (Å²) in [4.78, 5) is 27.1. The van der Waals surface area contributed by atoms with Gasteiger partial charge in [-0.05, 0) is 83.9 Å². The molecule has 0 bridgehead atoms. The summed E-state index contributed by atoms with van der Waals surface area (Å²) in [6.07, 6.45) is -4.07. The third-order valence-electron chi connectivity index (χ3n) is 7.21. The highest BCUT2D eigenvalue weighted by atomic mass is 32.2. The fourth-order valence-electron chi connectivity index (χ4n) is 5.33. The van der Waals surface area contributed by atoms with Crippen LogP contribution in [0.25, 0.3) is 0 Å². The maximum absolute atomic E-state index is 13.2. The van der Waals surface area contributed by atoms with Crippen LogP contribution in [0.15, 0.2) is 41.3 Å². The smallest absolute Gasteiger partial charge is 0.338 e. The van der Waals surface area contributed by atoms with Gasteiger partial charge in [0.05, 0.1) is 20.9 Å². The SMILES string of the molecule is CC1(C)Cn2c(C(=O)C(F)(F)F)ccc2C2(CCN(C(=O)c3ccc(S(=O)(=O)C(C)(C)C)cc3)CC2)N1.[HH]. The van der Waals surface area contributed by atoms with Crippen molar-refractivity contribution in [3.05, 3.63) is 53.3 Å². The molecule has 204 valence electrons. The van der Waals surface area contributed by atoms with Crippen molar-refractivity contribution in [2.75, 3.05) is 13.1 Å². The zero-order chi connectivity index (χ0) is 27.6. The van der Waals surface area contributed by atoms with Crippen molar-refractivity contribution >= 4 is 21.5 Å². The number of halogens is 3. The quantitative estimate of drug-likeness (QED) is 0.576. The average Bonchev–Trinajstić information content (AvgIpc) is 3.20. The van der Waals surface area contributed by atoms with E-state index in [1.54, 1.807) is 31.7 Å². The van der Waals surface area contributed by atoms with Crippen LogP contribution in [0.3, 0.4) is 0 Å². The van der Waals surface area contributed by atoms with Crippen LogP contribution in [0.2, 0.25) is 0 Å². The molecule has 2 aromatic rings. The Hall–Kier alpha value is -2.66. The maximum atomic E-state index is 13.2. The fraction of sp³-hybridized carbons (Fsp3) is 0.538. The first kappa shape index (κ1) is 27.4. The van der Waals surface area contributed by atoms with Gasteiger partial charge in [-0.25, -0.2) is 8.42 Å². The lowest BCUT2D eigenvalue weighted by Crippen LogP contribution is -2.63. The van der Waals surface area contributed by atoms with Gasteiger partial charge in [-0.3, -0.25) is 14.9 Å². The van der Waals surface area contributed by atoms with Gasteiger partial charge in [-0.2, -0.15) is 13.2 Å². The van der Waals surface area contributed by atoms with Crippen LogP contribution in [-0.4, -0.2) is 59.1 Å². The number of rotatable bonds is 3. The number of benzene rings is 1. The van der Waals surface area contributed by atoms with Crippen molar-refractivity contribution in [2.45, 2.75) is 80.9 Å². The molecular formula is C26H34F3N3O4S. The zero-order valence-corrected chi connectivity index (χ0v) is 22.4. The van der Waals surface area contributed by atoms with E-state index in [1.807, 2.05) is 13.8 Å². The minimum Gasteiger partial charge on any atom is -0.338 e. The molecule has 0 radical (unpaired) electrons. The Morgan fingerprint density at radius 1 is 0.973 bits per heavy atom. The number of nitrogens with zero attached hydrogens (tertiary/aromatic N) is 2. The van der Waals surface area contributed by atoms with Crippen molar-refractivity contribution in [1.82, 2.24) is 14.8 Å². The molecule has 3 heterocycles. The van der Waals surface area contributed by atoms with E-state index in [0.29, 0.717) is 37.2 Å². The van der Waals surface area contributed by atoms with Crippen LogP contribution >= 0.6 is 0 Å². The first-order chi connectivity index (χ1) is 16.9. The van der Waals surface area contributed by atoms with E-state index in [9.17, 15) is 31.2 Å². The third kappa shape index (κ3) is 4.83. The normalized spacial score (nSPS) is 19.5. The number of amides is 1. The minimum absolute atomic E-state index is 0. The Morgan fingerprint density at radius 2 is 1.54 bits per heavy atom. The standard InChI is InChI=1S/C26H32F3N3O4S.H2/c1-23(2,3)37(35,36)18-8-6-17(7-9-18)22(34)31-14-12-25(13-15-31)20-11-10-19(21(33)26(27,28)29)32(20)16-24(4,5)30-25;/h6-11,30H,12-16H2,1-5H3;1H. The molecule has 1 N–H and O–H groups in total. The molecule has 1 saturated heterocycles. The summed E-state index contributed by atoms with van der Waals surface area (Å²) in [5.41, 5.74) is -0.661. The van der Waals surface area contributed by atoms with Gasteiger partial charge in [0.2, 0.25) is 0 Å². The second-order valence-electron chi connectivity index (χ2n) is 11.5. The summed E-state index contributed by atoms with van der Waals surface area (Å²) in [6.45, 7) is 9.50. The number of ketones is 1. The molecule has 2 aliphatic heterocycles. The highest BCUT2D eigenvalue weighted by molar-refractivity contribution is 7.92. The number of fused-ring (bicyclic) bond motifs is 2. The van der Waals surface area contributed by atoms with Crippen molar-refractivity contribution in [2.24, 2.45) is 0 Å². The summed E-state index contributed by atoms with van der Waals surface area (Å²) in [5, 5.41) is 3.57. The van der Waals surface area contributed by atoms with E-state index >= 15 is 0 Å². The second kappa shape index (κ2) is 8.69. The van der Waals surface area contributed by atoms with Gasteiger partial charge < -0.3 is 9.47 Å². The van der Waals surface area contributed by atoms with E-state index in [4.69, 9.17) is 0 Å². The molecule has 1 aromatic carbocycles. The molecule has 0 unspecified atom stereocenters. The zero-order valence-electron chi connectivity index (χ0n) is 21.6. The Morgan fingerprint density at radius 3 is 2.05 bits per heavy atom. The summed E-state index contributed by atoms with van der Waals surface area (Å²) >= 11 is 0. The first-order valence-corrected chi connectivity index (χ1v) is 13.6. The molecule has 2 aliphatic rings. The monoisotopic (exact) mass is 541 g/mol. The highest BCUT2D eigenvalue weighted by Gasteiger charge is 2.49. The molecule has 4 rings (SSSR count). The fourth-order valence-corrected chi connectivity index (χ4v) is 6.53. The number of carbonyl (C=O) groups is 2. The lowest BCUT2D eigenvalue weighted by molar-refractivity contribution is -0.0892. The van der Waals surface area contributed by atoms with Crippen LogP contribution in [0.4, 0.5) is 13.2 Å². The number of carbonyl (C=O) groups excluding carboxylic acids is 2. The van der Waals surface area contributed by atoms with Gasteiger partial charge in [-0.15, -0.1) is 0 Å². The summed E-state index contributed by atoms with van der Waals surface area (Å²) in [5.74, 6) is -2.11. The summed E-state index contributed by atoms with van der Waals surface area (Å²) in [7, 11) is -3.55. The molecule has 1 aromatic heterocycles. The molecule has 7 nitrogen and oxygen atoms in total. The number of Topliss-reactive ketones (excluding diaryl/α,β-unsaturated/α-hetero) is 1. The number of aromatic nitrogens is 1. The molecule has 1 spiro atoms. The van der Waals surface area contributed by atoms with Gasteiger partial charge in [0, 0.05) is 37.9 Å². The van der Waals surface area contributed by atoms with E-state index in [2.05, 4.69) is 5.32 Å². The Bertz CT molecular complexity index is 1340. The molecule has 0 saturated carbocycles. The highest BCUT2D eigenvalue weighted by Crippen LogP contribution is 2.41. The van der Waals surface area contributed by atoms with Crippen molar-refractivity contribution < 1.29 is 32.6 Å². The molecular weight excluding hydrogens is 507 g/mol. The van der Waals surface area contributed by atoms with Crippen LogP contribution < -0.4 is 5.32 Å². The van der Waals surface area contributed by atoms with E-state index < -0.39 is 37.6 Å². The van der Waals surface area contributed by atoms with Gasteiger partial charge in [0.15, 0.2) is 9.84 Å². The third-order valence-corrected chi connectivity index (χ3v) is 9.72. The number of hydrogen-bond donors (Lipinski definition) is 1. The van der Waals surface area contributed by atoms with Crippen LogP contribution in [-0.2, 0) is 21.9 Å². The Kier molecular flexibility index (Phi) is 6.43. The number of sulfone groups is 1. The van der Waals surface area contributed by atoms with E-state index in [-0.39, 0.29) is 24.5 Å². The summed E-state index contributed by atoms with van der Waals surface area (Å²) in [6, 6.07) is 8.71. The molecule has 0 aliphatic carbocycles. The number of alkyl halides is 3. The van der Waals surface area contributed by atoms with Gasteiger partial charge in [-0.1, -0.05) is 0 Å². The van der Waals surface area contributed by atoms with Crippen LogP contribution in [0.5, 0.6) is 0 Å². The predicted molar refractivity (Wildman–Crippen MR) is 134 cm³/mol. The lowest BCUT2D eigenvalue weighted by atomic mass is 9.79. The van der Waals surface area contributed by atoms with Gasteiger partial charge in [0.1, 0.15) is 0 Å². The van der Waals surface area contributed by atoms with E-state index in [1.165, 1.54) is 34.9 Å². The molecule has 1 fully saturated rings. The second-order valence-corrected chi connectivity index (χ2v) is 14.2. The molecule has 0 atom stereocenters. The van der Waals surface area contributed by atoms with Crippen LogP contribution in [0.1, 0.15) is 75.4 Å². The van der Waals surface area contributed by atoms with Crippen molar-refractivity contribution in [1.29, 1.82) is 0 Å². The van der Waals surface area contributed by atoms with Crippen LogP contribution in [0, 0.1) is 0 Å².